The molecule has 0 spiro atoms. The predicted octanol–water partition coefficient (Wildman–Crippen LogP) is 0.327. The summed E-state index contributed by atoms with van der Waals surface area (Å²) < 4.78 is 5.01. The SMILES string of the molecule is O=c1ccc2c(o1)=CC=CC=CC=2. The number of hydrogen-bond acceptors (Lipinski definition) is 2. The van der Waals surface area contributed by atoms with Crippen molar-refractivity contribution in [2.75, 3.05) is 0 Å². The highest BCUT2D eigenvalue weighted by Gasteiger charge is 1.88. The minimum absolute atomic E-state index is 0.318. The van der Waals surface area contributed by atoms with Gasteiger partial charge < -0.3 is 4.42 Å². The molecule has 0 aromatic carbocycles. The van der Waals surface area contributed by atoms with Gasteiger partial charge in [-0.25, -0.2) is 4.79 Å². The van der Waals surface area contributed by atoms with Crippen molar-refractivity contribution < 1.29 is 4.42 Å². The minimum Gasteiger partial charge on any atom is -0.423 e. The minimum atomic E-state index is -0.318. The summed E-state index contributed by atoms with van der Waals surface area (Å²) in [7, 11) is 0. The molecular weight excluding hydrogens is 164 g/mol. The molecule has 2 nitrogen and oxygen atoms in total. The van der Waals surface area contributed by atoms with E-state index in [2.05, 4.69) is 0 Å². The van der Waals surface area contributed by atoms with Crippen LogP contribution in [0, 0.1) is 0 Å². The van der Waals surface area contributed by atoms with E-state index in [1.807, 2.05) is 30.4 Å². The third kappa shape index (κ3) is 1.67. The topological polar surface area (TPSA) is 30.2 Å². The molecule has 0 amide bonds. The van der Waals surface area contributed by atoms with E-state index >= 15 is 0 Å². The lowest BCUT2D eigenvalue weighted by Gasteiger charge is -1.88. The molecule has 0 N–H and O–H groups in total. The van der Waals surface area contributed by atoms with Crippen molar-refractivity contribution in [2.45, 2.75) is 0 Å². The molecule has 2 rings (SSSR count). The van der Waals surface area contributed by atoms with Gasteiger partial charge in [0.05, 0.1) is 0 Å². The Kier molecular flexibility index (Phi) is 1.96. The molecule has 0 saturated carbocycles. The molecule has 1 aliphatic carbocycles. The van der Waals surface area contributed by atoms with E-state index in [-0.39, 0.29) is 5.63 Å². The van der Waals surface area contributed by atoms with Gasteiger partial charge in [-0.3, -0.25) is 0 Å². The van der Waals surface area contributed by atoms with E-state index in [9.17, 15) is 4.79 Å². The van der Waals surface area contributed by atoms with Crippen LogP contribution in [0.3, 0.4) is 0 Å². The summed E-state index contributed by atoms with van der Waals surface area (Å²) in [6.07, 6.45) is 11.2. The highest BCUT2D eigenvalue weighted by Crippen LogP contribution is 1.82. The molecule has 0 aliphatic heterocycles. The lowest BCUT2D eigenvalue weighted by atomic mass is 10.2. The molecule has 0 saturated heterocycles. The molecule has 0 bridgehead atoms. The van der Waals surface area contributed by atoms with Gasteiger partial charge in [0.25, 0.3) is 0 Å². The lowest BCUT2D eigenvalue weighted by molar-refractivity contribution is 0.474. The second kappa shape index (κ2) is 3.27. The van der Waals surface area contributed by atoms with Crippen molar-refractivity contribution in [2.24, 2.45) is 0 Å². The first kappa shape index (κ1) is 7.80. The zero-order chi connectivity index (χ0) is 9.10. The summed E-state index contributed by atoms with van der Waals surface area (Å²) in [4.78, 5) is 10.9. The summed E-state index contributed by atoms with van der Waals surface area (Å²) in [6, 6.07) is 3.17. The fourth-order valence-corrected chi connectivity index (χ4v) is 1.14. The maximum absolute atomic E-state index is 10.9. The predicted molar refractivity (Wildman–Crippen MR) is 51.4 cm³/mol. The number of rotatable bonds is 0. The van der Waals surface area contributed by atoms with Crippen molar-refractivity contribution in [1.29, 1.82) is 0 Å². The van der Waals surface area contributed by atoms with E-state index in [1.165, 1.54) is 6.07 Å². The summed E-state index contributed by atoms with van der Waals surface area (Å²) in [6.45, 7) is 0. The molecule has 13 heavy (non-hydrogen) atoms. The molecule has 1 aromatic rings. The standard InChI is InChI=1S/C11H8O2/c12-11-8-7-9-5-3-1-2-4-6-10(9)13-11/h1-8H. The Hall–Kier alpha value is -1.83. The highest BCUT2D eigenvalue weighted by atomic mass is 16.4. The van der Waals surface area contributed by atoms with Crippen LogP contribution in [0.25, 0.3) is 12.2 Å². The summed E-state index contributed by atoms with van der Waals surface area (Å²) in [5.74, 6) is 0. The fraction of sp³-hybridized carbons (Fsp3) is 0. The fourth-order valence-electron chi connectivity index (χ4n) is 1.14. The first-order valence-corrected chi connectivity index (χ1v) is 4.02. The van der Waals surface area contributed by atoms with Gasteiger partial charge >= 0.3 is 5.63 Å². The molecule has 0 unspecified atom stereocenters. The molecule has 0 atom stereocenters. The van der Waals surface area contributed by atoms with E-state index in [0.29, 0.717) is 5.42 Å². The maximum Gasteiger partial charge on any atom is 0.336 e. The molecular formula is C11H8O2. The third-order valence-electron chi connectivity index (χ3n) is 1.75. The molecule has 1 heterocycles. The lowest BCUT2D eigenvalue weighted by Crippen LogP contribution is -2.27. The van der Waals surface area contributed by atoms with Gasteiger partial charge in [-0.1, -0.05) is 30.4 Å². The van der Waals surface area contributed by atoms with E-state index < -0.39 is 0 Å². The first-order valence-electron chi connectivity index (χ1n) is 4.02. The van der Waals surface area contributed by atoms with Gasteiger partial charge in [-0.2, -0.15) is 0 Å². The van der Waals surface area contributed by atoms with E-state index in [1.54, 1.807) is 12.1 Å². The van der Waals surface area contributed by atoms with Crippen LogP contribution in [-0.4, -0.2) is 0 Å². The Morgan fingerprint density at radius 3 is 2.54 bits per heavy atom. The van der Waals surface area contributed by atoms with Gasteiger partial charge in [0.2, 0.25) is 0 Å². The second-order valence-electron chi connectivity index (χ2n) is 2.68. The zero-order valence-electron chi connectivity index (χ0n) is 6.94. The monoisotopic (exact) mass is 172 g/mol. The van der Waals surface area contributed by atoms with Crippen LogP contribution >= 0.6 is 0 Å². The largest absolute Gasteiger partial charge is 0.423 e. The molecule has 0 fully saturated rings. The van der Waals surface area contributed by atoms with Crippen LogP contribution in [0.4, 0.5) is 0 Å². The van der Waals surface area contributed by atoms with Crippen LogP contribution in [0.2, 0.25) is 0 Å². The van der Waals surface area contributed by atoms with Crippen LogP contribution in [-0.2, 0) is 0 Å². The van der Waals surface area contributed by atoms with Crippen molar-refractivity contribution in [3.05, 3.63) is 57.5 Å². The van der Waals surface area contributed by atoms with Gasteiger partial charge in [0, 0.05) is 11.3 Å². The Morgan fingerprint density at radius 2 is 1.69 bits per heavy atom. The Morgan fingerprint density at radius 1 is 0.923 bits per heavy atom. The second-order valence-corrected chi connectivity index (χ2v) is 2.68. The number of hydrogen-bond donors (Lipinski definition) is 0. The summed E-state index contributed by atoms with van der Waals surface area (Å²) in [5.41, 5.74) is 0.287. The van der Waals surface area contributed by atoms with Crippen molar-refractivity contribution in [3.8, 4) is 0 Å². The average Bonchev–Trinajstić information content (AvgIpc) is 2.08. The van der Waals surface area contributed by atoms with Gasteiger partial charge in [0.1, 0.15) is 5.42 Å². The summed E-state index contributed by atoms with van der Waals surface area (Å²) in [5, 5.41) is 0.917. The Labute approximate surface area is 74.8 Å². The van der Waals surface area contributed by atoms with Crippen LogP contribution in [0.15, 0.2) is 45.6 Å². The van der Waals surface area contributed by atoms with Crippen molar-refractivity contribution >= 4 is 12.2 Å². The molecule has 1 aliphatic rings. The molecule has 2 heteroatoms. The first-order chi connectivity index (χ1) is 6.36. The Balaban J connectivity index is 2.87. The van der Waals surface area contributed by atoms with Crippen molar-refractivity contribution in [1.82, 2.24) is 0 Å². The van der Waals surface area contributed by atoms with Crippen LogP contribution in [0.5, 0.6) is 0 Å². The van der Waals surface area contributed by atoms with E-state index in [4.69, 9.17) is 4.42 Å². The number of allylic oxidation sites excluding steroid dienone is 4. The van der Waals surface area contributed by atoms with Crippen LogP contribution < -0.4 is 16.3 Å². The molecule has 64 valence electrons. The third-order valence-corrected chi connectivity index (χ3v) is 1.75. The Bertz CT molecular complexity index is 530. The van der Waals surface area contributed by atoms with Gasteiger partial charge in [-0.15, -0.1) is 0 Å². The summed E-state index contributed by atoms with van der Waals surface area (Å²) >= 11 is 0. The van der Waals surface area contributed by atoms with Crippen molar-refractivity contribution in [3.63, 3.8) is 0 Å². The molecule has 0 radical (unpaired) electrons. The normalized spacial score (nSPS) is 13.5. The maximum atomic E-state index is 10.9. The average molecular weight is 172 g/mol. The zero-order valence-corrected chi connectivity index (χ0v) is 6.94. The van der Waals surface area contributed by atoms with Gasteiger partial charge in [0.15, 0.2) is 0 Å². The van der Waals surface area contributed by atoms with E-state index in [0.717, 1.165) is 5.22 Å². The van der Waals surface area contributed by atoms with Crippen LogP contribution in [0.1, 0.15) is 0 Å². The number of fused-ring (bicyclic) bond motifs is 1. The van der Waals surface area contributed by atoms with Gasteiger partial charge in [-0.05, 0) is 12.1 Å². The highest BCUT2D eigenvalue weighted by molar-refractivity contribution is 5.45. The smallest absolute Gasteiger partial charge is 0.336 e. The molecule has 1 aromatic heterocycles. The quantitative estimate of drug-likeness (QED) is 0.564.